The summed E-state index contributed by atoms with van der Waals surface area (Å²) in [6.45, 7) is 0. The summed E-state index contributed by atoms with van der Waals surface area (Å²) in [6.07, 6.45) is 0. The maximum atomic E-state index is 12.1. The molecule has 1 aromatic heterocycles. The van der Waals surface area contributed by atoms with Crippen LogP contribution in [0.1, 0.15) is 0 Å². The van der Waals surface area contributed by atoms with Gasteiger partial charge in [-0.05, 0) is 36.4 Å². The van der Waals surface area contributed by atoms with Gasteiger partial charge in [-0.25, -0.2) is 0 Å². The first-order valence-corrected chi connectivity index (χ1v) is 6.15. The topological polar surface area (TPSA) is 65.5 Å². The largest absolute Gasteiger partial charge is 0.497 e. The molecule has 2 aromatic carbocycles. The smallest absolute Gasteiger partial charge is 0.193 e. The molecule has 0 unspecified atom stereocenters. The van der Waals surface area contributed by atoms with Gasteiger partial charge >= 0.3 is 0 Å². The number of benzene rings is 2. The van der Waals surface area contributed by atoms with Crippen molar-refractivity contribution in [2.45, 2.75) is 0 Å². The Morgan fingerprint density at radius 2 is 1.80 bits per heavy atom. The van der Waals surface area contributed by atoms with Crippen molar-refractivity contribution in [3.63, 3.8) is 0 Å². The van der Waals surface area contributed by atoms with E-state index in [0.717, 1.165) is 11.3 Å². The molecule has 0 saturated heterocycles. The SMILES string of the molecule is COc1ccc(-c2cc(=O)c3ccc(N)cc3o2)cc1. The summed E-state index contributed by atoms with van der Waals surface area (Å²) in [4.78, 5) is 12.1. The van der Waals surface area contributed by atoms with Crippen molar-refractivity contribution >= 4 is 16.7 Å². The normalized spacial score (nSPS) is 10.7. The summed E-state index contributed by atoms with van der Waals surface area (Å²) in [6, 6.07) is 13.8. The lowest BCUT2D eigenvalue weighted by Gasteiger charge is -2.05. The molecular weight excluding hydrogens is 254 g/mol. The highest BCUT2D eigenvalue weighted by molar-refractivity contribution is 5.81. The minimum atomic E-state index is -0.0860. The first-order valence-electron chi connectivity index (χ1n) is 6.15. The molecule has 0 saturated carbocycles. The second kappa shape index (κ2) is 4.74. The van der Waals surface area contributed by atoms with E-state index < -0.39 is 0 Å². The van der Waals surface area contributed by atoms with E-state index in [2.05, 4.69) is 0 Å². The van der Waals surface area contributed by atoms with Crippen LogP contribution >= 0.6 is 0 Å². The van der Waals surface area contributed by atoms with Crippen LogP contribution in [0.2, 0.25) is 0 Å². The molecule has 0 spiro atoms. The fourth-order valence-electron chi connectivity index (χ4n) is 2.07. The highest BCUT2D eigenvalue weighted by atomic mass is 16.5. The summed E-state index contributed by atoms with van der Waals surface area (Å²) in [5.74, 6) is 1.26. The highest BCUT2D eigenvalue weighted by Crippen LogP contribution is 2.25. The molecule has 20 heavy (non-hydrogen) atoms. The van der Waals surface area contributed by atoms with Crippen LogP contribution < -0.4 is 15.9 Å². The van der Waals surface area contributed by atoms with Crippen LogP contribution in [0, 0.1) is 0 Å². The Hall–Kier alpha value is -2.75. The predicted molar refractivity (Wildman–Crippen MR) is 78.9 cm³/mol. The molecule has 0 aliphatic heterocycles. The van der Waals surface area contributed by atoms with Crippen molar-refractivity contribution in [2.75, 3.05) is 12.8 Å². The molecule has 4 nitrogen and oxygen atoms in total. The van der Waals surface area contributed by atoms with E-state index in [1.54, 1.807) is 25.3 Å². The van der Waals surface area contributed by atoms with Gasteiger partial charge < -0.3 is 14.9 Å². The van der Waals surface area contributed by atoms with Gasteiger partial charge in [0, 0.05) is 23.4 Å². The quantitative estimate of drug-likeness (QED) is 0.725. The molecule has 4 heteroatoms. The zero-order valence-electron chi connectivity index (χ0n) is 10.9. The summed E-state index contributed by atoms with van der Waals surface area (Å²) >= 11 is 0. The molecule has 3 aromatic rings. The molecule has 0 aliphatic carbocycles. The third-order valence-electron chi connectivity index (χ3n) is 3.13. The number of anilines is 1. The van der Waals surface area contributed by atoms with Gasteiger partial charge in [-0.3, -0.25) is 4.79 Å². The Labute approximate surface area is 115 Å². The number of hydrogen-bond donors (Lipinski definition) is 1. The van der Waals surface area contributed by atoms with Crippen LogP contribution in [-0.2, 0) is 0 Å². The minimum Gasteiger partial charge on any atom is -0.497 e. The monoisotopic (exact) mass is 267 g/mol. The van der Waals surface area contributed by atoms with Gasteiger partial charge in [0.15, 0.2) is 5.43 Å². The first-order chi connectivity index (χ1) is 9.67. The van der Waals surface area contributed by atoms with Gasteiger partial charge in [-0.2, -0.15) is 0 Å². The summed E-state index contributed by atoms with van der Waals surface area (Å²) < 4.78 is 10.9. The third-order valence-corrected chi connectivity index (χ3v) is 3.13. The molecule has 0 aliphatic rings. The maximum Gasteiger partial charge on any atom is 0.193 e. The zero-order valence-corrected chi connectivity index (χ0v) is 10.9. The highest BCUT2D eigenvalue weighted by Gasteiger charge is 2.07. The number of ether oxygens (including phenoxy) is 1. The fraction of sp³-hybridized carbons (Fsp3) is 0.0625. The Morgan fingerprint density at radius 1 is 1.05 bits per heavy atom. The van der Waals surface area contributed by atoms with E-state index in [1.165, 1.54) is 6.07 Å². The molecule has 3 rings (SSSR count). The first kappa shape index (κ1) is 12.3. The molecule has 1 heterocycles. The van der Waals surface area contributed by atoms with Crippen molar-refractivity contribution in [1.82, 2.24) is 0 Å². The number of nitrogens with two attached hydrogens (primary N) is 1. The lowest BCUT2D eigenvalue weighted by molar-refractivity contribution is 0.415. The number of hydrogen-bond acceptors (Lipinski definition) is 4. The van der Waals surface area contributed by atoms with E-state index >= 15 is 0 Å². The number of nitrogen functional groups attached to an aromatic ring is 1. The van der Waals surface area contributed by atoms with Crippen molar-refractivity contribution in [2.24, 2.45) is 0 Å². The molecule has 2 N–H and O–H groups in total. The lowest BCUT2D eigenvalue weighted by Crippen LogP contribution is -2.00. The molecule has 0 bridgehead atoms. The standard InChI is InChI=1S/C16H13NO3/c1-19-12-5-2-10(3-6-12)15-9-14(18)13-7-4-11(17)8-16(13)20-15/h2-9H,17H2,1H3. The Morgan fingerprint density at radius 3 is 2.50 bits per heavy atom. The van der Waals surface area contributed by atoms with Crippen LogP contribution in [0.5, 0.6) is 5.75 Å². The van der Waals surface area contributed by atoms with Crippen LogP contribution in [0.25, 0.3) is 22.3 Å². The van der Waals surface area contributed by atoms with Gasteiger partial charge in [-0.1, -0.05) is 0 Å². The second-order valence-electron chi connectivity index (χ2n) is 4.46. The maximum absolute atomic E-state index is 12.1. The van der Waals surface area contributed by atoms with E-state index in [9.17, 15) is 4.79 Å². The van der Waals surface area contributed by atoms with Crippen LogP contribution in [0.4, 0.5) is 5.69 Å². The lowest BCUT2D eigenvalue weighted by atomic mass is 10.1. The molecule has 0 amide bonds. The van der Waals surface area contributed by atoms with Gasteiger partial charge in [0.25, 0.3) is 0 Å². The number of rotatable bonds is 2. The minimum absolute atomic E-state index is 0.0860. The number of fused-ring (bicyclic) bond motifs is 1. The molecule has 0 atom stereocenters. The zero-order chi connectivity index (χ0) is 14.1. The Balaban J connectivity index is 2.18. The van der Waals surface area contributed by atoms with Gasteiger partial charge in [-0.15, -0.1) is 0 Å². The van der Waals surface area contributed by atoms with Gasteiger partial charge in [0.1, 0.15) is 17.1 Å². The average molecular weight is 267 g/mol. The van der Waals surface area contributed by atoms with E-state index in [0.29, 0.717) is 22.4 Å². The van der Waals surface area contributed by atoms with E-state index in [-0.39, 0.29) is 5.43 Å². The average Bonchev–Trinajstić information content (AvgIpc) is 2.46. The van der Waals surface area contributed by atoms with E-state index in [4.69, 9.17) is 14.9 Å². The Kier molecular flexibility index (Phi) is 2.91. The van der Waals surface area contributed by atoms with Crippen molar-refractivity contribution in [1.29, 1.82) is 0 Å². The van der Waals surface area contributed by atoms with E-state index in [1.807, 2.05) is 24.3 Å². The summed E-state index contributed by atoms with van der Waals surface area (Å²) in [5, 5.41) is 0.525. The Bertz CT molecular complexity index is 819. The van der Waals surface area contributed by atoms with Crippen molar-refractivity contribution in [3.05, 3.63) is 58.8 Å². The fourth-order valence-corrected chi connectivity index (χ4v) is 2.07. The van der Waals surface area contributed by atoms with Gasteiger partial charge in [0.2, 0.25) is 0 Å². The van der Waals surface area contributed by atoms with Crippen LogP contribution in [0.3, 0.4) is 0 Å². The van der Waals surface area contributed by atoms with Crippen molar-refractivity contribution < 1.29 is 9.15 Å². The molecular formula is C16H13NO3. The van der Waals surface area contributed by atoms with Crippen LogP contribution in [0.15, 0.2) is 57.7 Å². The van der Waals surface area contributed by atoms with Crippen LogP contribution in [-0.4, -0.2) is 7.11 Å². The van der Waals surface area contributed by atoms with Crippen molar-refractivity contribution in [3.8, 4) is 17.1 Å². The third kappa shape index (κ3) is 2.12. The predicted octanol–water partition coefficient (Wildman–Crippen LogP) is 3.05. The molecule has 0 radical (unpaired) electrons. The van der Waals surface area contributed by atoms with Gasteiger partial charge in [0.05, 0.1) is 12.5 Å². The molecule has 0 fully saturated rings. The molecule has 100 valence electrons. The summed E-state index contributed by atoms with van der Waals surface area (Å²) in [5.41, 5.74) is 7.50. The number of methoxy groups -OCH3 is 1. The second-order valence-corrected chi connectivity index (χ2v) is 4.46. The summed E-state index contributed by atoms with van der Waals surface area (Å²) in [7, 11) is 1.61.